The van der Waals surface area contributed by atoms with Crippen LogP contribution >= 0.6 is 27.5 Å². The molecule has 1 heterocycles. The molecule has 0 saturated carbocycles. The van der Waals surface area contributed by atoms with Crippen molar-refractivity contribution >= 4 is 57.1 Å². The van der Waals surface area contributed by atoms with Gasteiger partial charge in [0.2, 0.25) is 0 Å². The number of imide groups is 2. The van der Waals surface area contributed by atoms with E-state index in [2.05, 4.69) is 21.2 Å². The highest BCUT2D eigenvalue weighted by molar-refractivity contribution is 9.10. The third-order valence-electron chi connectivity index (χ3n) is 4.78. The van der Waals surface area contributed by atoms with Gasteiger partial charge in [0.15, 0.2) is 0 Å². The molecule has 1 aliphatic heterocycles. The Kier molecular flexibility index (Phi) is 6.48. The molecule has 0 spiro atoms. The van der Waals surface area contributed by atoms with Crippen molar-refractivity contribution in [2.45, 2.75) is 6.61 Å². The number of ether oxygens (including phenoxy) is 1. The first-order valence-corrected chi connectivity index (χ1v) is 10.9. The van der Waals surface area contributed by atoms with Gasteiger partial charge >= 0.3 is 6.03 Å². The summed E-state index contributed by atoms with van der Waals surface area (Å²) in [6, 6.07) is 17.1. The summed E-state index contributed by atoms with van der Waals surface area (Å²) >= 11 is 9.72. The van der Waals surface area contributed by atoms with E-state index in [4.69, 9.17) is 16.3 Å². The molecule has 1 fully saturated rings. The van der Waals surface area contributed by atoms with Crippen LogP contribution in [0.15, 0.2) is 76.8 Å². The lowest BCUT2D eigenvalue weighted by Gasteiger charge is -2.26. The summed E-state index contributed by atoms with van der Waals surface area (Å²) in [6.45, 7) is 0.317. The first kappa shape index (κ1) is 22.6. The molecule has 0 unspecified atom stereocenters. The fraction of sp³-hybridized carbons (Fsp3) is 0.0417. The molecule has 166 valence electrons. The number of barbiturate groups is 1. The molecule has 0 atom stereocenters. The molecule has 2 N–H and O–H groups in total. The number of urea groups is 1. The average molecular weight is 528 g/mol. The Balaban J connectivity index is 1.55. The minimum atomic E-state index is -0.873. The van der Waals surface area contributed by atoms with Crippen molar-refractivity contribution in [3.8, 4) is 11.5 Å². The van der Waals surface area contributed by atoms with Gasteiger partial charge in [-0.3, -0.25) is 14.9 Å². The summed E-state index contributed by atoms with van der Waals surface area (Å²) in [4.78, 5) is 38.3. The van der Waals surface area contributed by atoms with E-state index >= 15 is 0 Å². The van der Waals surface area contributed by atoms with Crippen molar-refractivity contribution in [3.63, 3.8) is 0 Å². The zero-order chi connectivity index (χ0) is 23.5. The number of benzene rings is 3. The van der Waals surface area contributed by atoms with Crippen LogP contribution in [0.25, 0.3) is 6.08 Å². The van der Waals surface area contributed by atoms with Gasteiger partial charge in [-0.25, -0.2) is 9.69 Å². The number of aromatic hydroxyl groups is 1. The first-order chi connectivity index (χ1) is 15.8. The van der Waals surface area contributed by atoms with Crippen molar-refractivity contribution in [2.24, 2.45) is 0 Å². The fourth-order valence-corrected chi connectivity index (χ4v) is 3.63. The maximum absolute atomic E-state index is 12.9. The molecule has 7 nitrogen and oxygen atoms in total. The second kappa shape index (κ2) is 9.48. The average Bonchev–Trinajstić information content (AvgIpc) is 2.78. The van der Waals surface area contributed by atoms with Gasteiger partial charge in [-0.15, -0.1) is 0 Å². The summed E-state index contributed by atoms with van der Waals surface area (Å²) in [5.41, 5.74) is 1.42. The lowest BCUT2D eigenvalue weighted by Crippen LogP contribution is -2.54. The Labute approximate surface area is 202 Å². The van der Waals surface area contributed by atoms with Gasteiger partial charge in [-0.05, 0) is 65.7 Å². The second-order valence-electron chi connectivity index (χ2n) is 7.08. The van der Waals surface area contributed by atoms with E-state index in [1.54, 1.807) is 18.2 Å². The third kappa shape index (κ3) is 5.08. The van der Waals surface area contributed by atoms with Crippen molar-refractivity contribution in [1.29, 1.82) is 0 Å². The molecule has 4 amide bonds. The minimum absolute atomic E-state index is 0.0208. The van der Waals surface area contributed by atoms with Crippen LogP contribution in [0.1, 0.15) is 11.1 Å². The number of rotatable bonds is 5. The predicted molar refractivity (Wildman–Crippen MR) is 127 cm³/mol. The molecule has 0 aromatic heterocycles. The quantitative estimate of drug-likeness (QED) is 0.357. The van der Waals surface area contributed by atoms with E-state index in [0.29, 0.717) is 22.9 Å². The molecule has 0 aliphatic carbocycles. The van der Waals surface area contributed by atoms with Gasteiger partial charge in [-0.2, -0.15) is 0 Å². The highest BCUT2D eigenvalue weighted by Gasteiger charge is 2.36. The number of anilines is 1. The zero-order valence-corrected chi connectivity index (χ0v) is 19.3. The SMILES string of the molecule is O=C1NC(=O)N(c2ccc(O)cc2)C(=O)/C1=C/c1ccc(OCc2ccc(Br)cc2)c(Cl)c1. The summed E-state index contributed by atoms with van der Waals surface area (Å²) < 4.78 is 6.73. The summed E-state index contributed by atoms with van der Waals surface area (Å²) in [5.74, 6) is -1.18. The molecular formula is C24H16BrClN2O5. The maximum atomic E-state index is 12.9. The molecular weight excluding hydrogens is 512 g/mol. The smallest absolute Gasteiger partial charge is 0.335 e. The second-order valence-corrected chi connectivity index (χ2v) is 8.40. The number of nitrogens with one attached hydrogen (secondary N) is 1. The topological polar surface area (TPSA) is 95.9 Å². The van der Waals surface area contributed by atoms with Gasteiger partial charge in [-0.1, -0.05) is 45.7 Å². The highest BCUT2D eigenvalue weighted by Crippen LogP contribution is 2.29. The number of amides is 4. The molecule has 9 heteroatoms. The molecule has 0 radical (unpaired) electrons. The van der Waals surface area contributed by atoms with Crippen molar-refractivity contribution < 1.29 is 24.2 Å². The van der Waals surface area contributed by atoms with Crippen LogP contribution < -0.4 is 15.0 Å². The van der Waals surface area contributed by atoms with Crippen LogP contribution in [0, 0.1) is 0 Å². The maximum Gasteiger partial charge on any atom is 0.335 e. The number of hydrogen-bond acceptors (Lipinski definition) is 5. The van der Waals surface area contributed by atoms with Crippen LogP contribution in [0.5, 0.6) is 11.5 Å². The number of phenols is 1. The van der Waals surface area contributed by atoms with Gasteiger partial charge in [0.25, 0.3) is 11.8 Å². The van der Waals surface area contributed by atoms with E-state index in [0.717, 1.165) is 14.9 Å². The van der Waals surface area contributed by atoms with E-state index in [-0.39, 0.29) is 17.0 Å². The monoisotopic (exact) mass is 526 g/mol. The van der Waals surface area contributed by atoms with E-state index in [1.165, 1.54) is 30.3 Å². The van der Waals surface area contributed by atoms with Crippen molar-refractivity contribution in [3.05, 3.63) is 92.9 Å². The van der Waals surface area contributed by atoms with Crippen LogP contribution in [-0.4, -0.2) is 23.0 Å². The Hall–Kier alpha value is -3.62. The summed E-state index contributed by atoms with van der Waals surface area (Å²) in [7, 11) is 0. The lowest BCUT2D eigenvalue weighted by molar-refractivity contribution is -0.122. The molecule has 0 bridgehead atoms. The van der Waals surface area contributed by atoms with Gasteiger partial charge in [0, 0.05) is 4.47 Å². The first-order valence-electron chi connectivity index (χ1n) is 9.69. The van der Waals surface area contributed by atoms with Crippen molar-refractivity contribution in [2.75, 3.05) is 4.90 Å². The Bertz CT molecular complexity index is 1270. The minimum Gasteiger partial charge on any atom is -0.508 e. The number of hydrogen-bond donors (Lipinski definition) is 2. The molecule has 1 saturated heterocycles. The van der Waals surface area contributed by atoms with Crippen LogP contribution in [-0.2, 0) is 16.2 Å². The van der Waals surface area contributed by atoms with Crippen LogP contribution in [0.3, 0.4) is 0 Å². The third-order valence-corrected chi connectivity index (χ3v) is 5.61. The number of halogens is 2. The molecule has 3 aromatic rings. The lowest BCUT2D eigenvalue weighted by atomic mass is 10.1. The number of nitrogens with zero attached hydrogens (tertiary/aromatic N) is 1. The van der Waals surface area contributed by atoms with Gasteiger partial charge < -0.3 is 9.84 Å². The normalized spacial score (nSPS) is 15.0. The number of phenolic OH excluding ortho intramolecular Hbond substituents is 1. The van der Waals surface area contributed by atoms with Crippen LogP contribution in [0.2, 0.25) is 5.02 Å². The Morgan fingerprint density at radius 2 is 1.70 bits per heavy atom. The van der Waals surface area contributed by atoms with Crippen molar-refractivity contribution in [1.82, 2.24) is 5.32 Å². The Morgan fingerprint density at radius 1 is 1.00 bits per heavy atom. The fourth-order valence-electron chi connectivity index (χ4n) is 3.13. The largest absolute Gasteiger partial charge is 0.508 e. The zero-order valence-electron chi connectivity index (χ0n) is 16.9. The van der Waals surface area contributed by atoms with Crippen LogP contribution in [0.4, 0.5) is 10.5 Å². The predicted octanol–water partition coefficient (Wildman–Crippen LogP) is 5.05. The number of carbonyl (C=O) groups excluding carboxylic acids is 3. The Morgan fingerprint density at radius 3 is 2.36 bits per heavy atom. The van der Waals surface area contributed by atoms with E-state index in [9.17, 15) is 19.5 Å². The highest BCUT2D eigenvalue weighted by atomic mass is 79.9. The molecule has 4 rings (SSSR count). The number of carbonyl (C=O) groups is 3. The molecule has 3 aromatic carbocycles. The van der Waals surface area contributed by atoms with E-state index < -0.39 is 17.8 Å². The van der Waals surface area contributed by atoms with Gasteiger partial charge in [0.05, 0.1) is 10.7 Å². The summed E-state index contributed by atoms with van der Waals surface area (Å²) in [6.07, 6.45) is 1.35. The van der Waals surface area contributed by atoms with Gasteiger partial charge in [0.1, 0.15) is 23.7 Å². The summed E-state index contributed by atoms with van der Waals surface area (Å²) in [5, 5.41) is 11.9. The molecule has 33 heavy (non-hydrogen) atoms. The standard InChI is InChI=1S/C24H16BrClN2O5/c25-16-4-1-14(2-5-16)13-33-21-10-3-15(12-20(21)26)11-19-22(30)27-24(32)28(23(19)31)17-6-8-18(29)9-7-17/h1-12,29H,13H2,(H,27,30,32)/b19-11+. The molecule has 1 aliphatic rings. The van der Waals surface area contributed by atoms with E-state index in [1.807, 2.05) is 24.3 Å².